The SMILES string of the molecule is O=C(NCCN1C(=O)S/C(=C/c2ccccc2F)C1=O)C1CC1c1ccccc1C(F)(F)F. The Balaban J connectivity index is 1.33. The summed E-state index contributed by atoms with van der Waals surface area (Å²) in [5.41, 5.74) is -0.477. The third kappa shape index (κ3) is 4.95. The van der Waals surface area contributed by atoms with Gasteiger partial charge in [0, 0.05) is 24.6 Å². The molecule has 1 saturated heterocycles. The van der Waals surface area contributed by atoms with Gasteiger partial charge in [0.15, 0.2) is 0 Å². The maximum atomic E-state index is 13.8. The summed E-state index contributed by atoms with van der Waals surface area (Å²) >= 11 is 0.677. The van der Waals surface area contributed by atoms with Gasteiger partial charge >= 0.3 is 6.18 Å². The van der Waals surface area contributed by atoms with E-state index in [1.807, 2.05) is 0 Å². The molecule has 1 aliphatic heterocycles. The molecule has 1 saturated carbocycles. The van der Waals surface area contributed by atoms with Crippen LogP contribution in [0.15, 0.2) is 53.4 Å². The van der Waals surface area contributed by atoms with E-state index in [0.717, 1.165) is 11.0 Å². The average molecular weight is 478 g/mol. The van der Waals surface area contributed by atoms with Crippen LogP contribution in [0.2, 0.25) is 0 Å². The molecule has 0 radical (unpaired) electrons. The Morgan fingerprint density at radius 3 is 2.55 bits per heavy atom. The molecule has 0 spiro atoms. The van der Waals surface area contributed by atoms with Gasteiger partial charge in [-0.15, -0.1) is 0 Å². The molecule has 0 bridgehead atoms. The van der Waals surface area contributed by atoms with E-state index in [-0.39, 0.29) is 29.1 Å². The topological polar surface area (TPSA) is 66.5 Å². The van der Waals surface area contributed by atoms with Crippen molar-refractivity contribution in [3.05, 3.63) is 75.9 Å². The minimum absolute atomic E-state index is 0.0337. The van der Waals surface area contributed by atoms with E-state index in [2.05, 4.69) is 5.32 Å². The Hall–Kier alpha value is -3.14. The Labute approximate surface area is 190 Å². The van der Waals surface area contributed by atoms with Crippen LogP contribution in [0.1, 0.15) is 29.0 Å². The summed E-state index contributed by atoms with van der Waals surface area (Å²) in [5, 5.41) is 2.05. The summed E-state index contributed by atoms with van der Waals surface area (Å²) in [6.07, 6.45) is -2.90. The standard InChI is InChI=1S/C23H18F4N2O3S/c24-18-8-4-1-5-13(18)11-19-21(31)29(22(32)33-19)10-9-28-20(30)16-12-15(16)14-6-2-3-7-17(14)23(25,26)27/h1-8,11,15-16H,9-10,12H2,(H,28,30)/b19-11+. The fourth-order valence-corrected chi connectivity index (χ4v) is 4.61. The number of hydrogen-bond acceptors (Lipinski definition) is 4. The minimum Gasteiger partial charge on any atom is -0.354 e. The third-order valence-electron chi connectivity index (χ3n) is 5.49. The van der Waals surface area contributed by atoms with Gasteiger partial charge in [0.2, 0.25) is 5.91 Å². The molecule has 172 valence electrons. The van der Waals surface area contributed by atoms with Gasteiger partial charge in [-0.05, 0) is 47.9 Å². The first-order valence-electron chi connectivity index (χ1n) is 10.1. The molecule has 10 heteroatoms. The van der Waals surface area contributed by atoms with Crippen molar-refractivity contribution in [2.24, 2.45) is 5.92 Å². The van der Waals surface area contributed by atoms with Crippen molar-refractivity contribution >= 4 is 34.9 Å². The molecular formula is C23H18F4N2O3S. The predicted molar refractivity (Wildman–Crippen MR) is 114 cm³/mol. The first kappa shape index (κ1) is 23.0. The van der Waals surface area contributed by atoms with Gasteiger partial charge in [-0.2, -0.15) is 13.2 Å². The minimum atomic E-state index is -4.50. The Morgan fingerprint density at radius 1 is 1.12 bits per heavy atom. The van der Waals surface area contributed by atoms with Gasteiger partial charge < -0.3 is 5.32 Å². The third-order valence-corrected chi connectivity index (χ3v) is 6.40. The van der Waals surface area contributed by atoms with Crippen LogP contribution in [0.3, 0.4) is 0 Å². The van der Waals surface area contributed by atoms with E-state index in [1.54, 1.807) is 6.07 Å². The van der Waals surface area contributed by atoms with Crippen molar-refractivity contribution in [2.75, 3.05) is 13.1 Å². The number of amides is 3. The van der Waals surface area contributed by atoms with Crippen molar-refractivity contribution in [3.63, 3.8) is 0 Å². The van der Waals surface area contributed by atoms with E-state index in [4.69, 9.17) is 0 Å². The number of carbonyl (C=O) groups is 3. The lowest BCUT2D eigenvalue weighted by molar-refractivity contribution is -0.138. The maximum Gasteiger partial charge on any atom is 0.416 e. The van der Waals surface area contributed by atoms with Gasteiger partial charge in [0.1, 0.15) is 5.82 Å². The molecule has 0 aromatic heterocycles. The predicted octanol–water partition coefficient (Wildman–Crippen LogP) is 4.80. The lowest BCUT2D eigenvalue weighted by Crippen LogP contribution is -2.37. The van der Waals surface area contributed by atoms with Gasteiger partial charge in [-0.3, -0.25) is 19.3 Å². The van der Waals surface area contributed by atoms with Crippen molar-refractivity contribution in [1.82, 2.24) is 10.2 Å². The van der Waals surface area contributed by atoms with E-state index in [9.17, 15) is 31.9 Å². The molecule has 1 N–H and O–H groups in total. The first-order valence-corrected chi connectivity index (χ1v) is 10.9. The quantitative estimate of drug-likeness (QED) is 0.479. The highest BCUT2D eigenvalue weighted by Gasteiger charge is 2.47. The molecular weight excluding hydrogens is 460 g/mol. The molecule has 1 heterocycles. The highest BCUT2D eigenvalue weighted by Crippen LogP contribution is 2.51. The number of rotatable bonds is 6. The summed E-state index contributed by atoms with van der Waals surface area (Å²) in [6, 6.07) is 11.0. The smallest absolute Gasteiger partial charge is 0.354 e. The van der Waals surface area contributed by atoms with Crippen molar-refractivity contribution in [1.29, 1.82) is 0 Å². The molecule has 33 heavy (non-hydrogen) atoms. The lowest BCUT2D eigenvalue weighted by Gasteiger charge is -2.14. The number of carbonyl (C=O) groups excluding carboxylic acids is 3. The highest BCUT2D eigenvalue weighted by molar-refractivity contribution is 8.18. The number of alkyl halides is 3. The van der Waals surface area contributed by atoms with Gasteiger partial charge in [0.25, 0.3) is 11.1 Å². The summed E-state index contributed by atoms with van der Waals surface area (Å²) in [4.78, 5) is 38.1. The van der Waals surface area contributed by atoms with Crippen LogP contribution in [-0.2, 0) is 15.8 Å². The molecule has 2 aromatic carbocycles. The Morgan fingerprint density at radius 2 is 1.82 bits per heavy atom. The van der Waals surface area contributed by atoms with Crippen LogP contribution >= 0.6 is 11.8 Å². The summed E-state index contributed by atoms with van der Waals surface area (Å²) in [7, 11) is 0. The van der Waals surface area contributed by atoms with Crippen LogP contribution in [0.25, 0.3) is 6.08 Å². The number of nitrogens with one attached hydrogen (secondary N) is 1. The van der Waals surface area contributed by atoms with Crippen molar-refractivity contribution in [2.45, 2.75) is 18.5 Å². The second kappa shape index (κ2) is 9.01. The highest BCUT2D eigenvalue weighted by atomic mass is 32.2. The molecule has 2 fully saturated rings. The number of hydrogen-bond donors (Lipinski definition) is 1. The van der Waals surface area contributed by atoms with Crippen LogP contribution in [0.5, 0.6) is 0 Å². The molecule has 4 rings (SSSR count). The lowest BCUT2D eigenvalue weighted by atomic mass is 10.0. The Kier molecular flexibility index (Phi) is 6.29. The largest absolute Gasteiger partial charge is 0.416 e. The second-order valence-electron chi connectivity index (χ2n) is 7.68. The van der Waals surface area contributed by atoms with Gasteiger partial charge in [-0.1, -0.05) is 36.4 Å². The molecule has 3 amide bonds. The number of thioether (sulfide) groups is 1. The number of imide groups is 1. The zero-order valence-electron chi connectivity index (χ0n) is 17.1. The zero-order valence-corrected chi connectivity index (χ0v) is 17.9. The van der Waals surface area contributed by atoms with Crippen LogP contribution < -0.4 is 5.32 Å². The number of halogens is 4. The van der Waals surface area contributed by atoms with Crippen LogP contribution in [0, 0.1) is 11.7 Å². The average Bonchev–Trinajstić information content (AvgIpc) is 3.52. The zero-order chi connectivity index (χ0) is 23.8. The van der Waals surface area contributed by atoms with Crippen molar-refractivity contribution < 1.29 is 31.9 Å². The fourth-order valence-electron chi connectivity index (χ4n) is 3.76. The Bertz CT molecular complexity index is 1150. The maximum absolute atomic E-state index is 13.8. The second-order valence-corrected chi connectivity index (χ2v) is 8.67. The van der Waals surface area contributed by atoms with E-state index in [0.29, 0.717) is 18.2 Å². The van der Waals surface area contributed by atoms with Crippen LogP contribution in [-0.4, -0.2) is 35.0 Å². The normalized spacial score (nSPS) is 21.6. The summed E-state index contributed by atoms with van der Waals surface area (Å²) < 4.78 is 53.4. The number of benzene rings is 2. The molecule has 2 aliphatic rings. The summed E-state index contributed by atoms with van der Waals surface area (Å²) in [5.74, 6) is -2.66. The van der Waals surface area contributed by atoms with E-state index in [1.165, 1.54) is 42.5 Å². The first-order chi connectivity index (χ1) is 15.7. The van der Waals surface area contributed by atoms with E-state index < -0.39 is 46.4 Å². The monoisotopic (exact) mass is 478 g/mol. The van der Waals surface area contributed by atoms with Crippen LogP contribution in [0.4, 0.5) is 22.4 Å². The number of nitrogens with zero attached hydrogens (tertiary/aromatic N) is 1. The molecule has 2 atom stereocenters. The molecule has 2 unspecified atom stereocenters. The van der Waals surface area contributed by atoms with Crippen molar-refractivity contribution in [3.8, 4) is 0 Å². The molecule has 5 nitrogen and oxygen atoms in total. The van der Waals surface area contributed by atoms with Gasteiger partial charge in [0.05, 0.1) is 10.5 Å². The fraction of sp³-hybridized carbons (Fsp3) is 0.261. The molecule has 2 aromatic rings. The molecule has 1 aliphatic carbocycles. The van der Waals surface area contributed by atoms with E-state index >= 15 is 0 Å². The van der Waals surface area contributed by atoms with Gasteiger partial charge in [-0.25, -0.2) is 4.39 Å². The summed E-state index contributed by atoms with van der Waals surface area (Å²) in [6.45, 7) is -0.129.